The summed E-state index contributed by atoms with van der Waals surface area (Å²) in [5.74, 6) is -2.96. The number of halogens is 3. The number of hydrogen-bond acceptors (Lipinski definition) is 7. The minimum atomic E-state index is -3.71. The summed E-state index contributed by atoms with van der Waals surface area (Å²) >= 11 is 0. The Hall–Kier alpha value is -3.86. The Morgan fingerprint density at radius 2 is 1.97 bits per heavy atom. The molecule has 0 aliphatic carbocycles. The predicted molar refractivity (Wildman–Crippen MR) is 140 cm³/mol. The summed E-state index contributed by atoms with van der Waals surface area (Å²) in [5.41, 5.74) is 1.42. The number of aliphatic hydroxyl groups is 1. The van der Waals surface area contributed by atoms with Gasteiger partial charge >= 0.3 is 0 Å². The van der Waals surface area contributed by atoms with E-state index in [4.69, 9.17) is 14.6 Å². The fourth-order valence-electron chi connectivity index (χ4n) is 4.98. The Balaban J connectivity index is 1.60. The van der Waals surface area contributed by atoms with E-state index < -0.39 is 30.0 Å². The lowest BCUT2D eigenvalue weighted by molar-refractivity contribution is -0.128. The standard InChI is InChI=1S/C28H29F3N4O4/c1-15(19-5-4-6-22(23(19)29)28(30,31)14-36)32-27-21-13-20(18-7-9-35(10-8-18)17(3)37)25-26(39-12-11-38-25)24(21)33-16(2)34-27/h4-7,13,15,36H,8-12,14H2,1-3H3,(H,32,33,34)/t15-/m1/s1. The normalized spacial score (nSPS) is 16.2. The van der Waals surface area contributed by atoms with Gasteiger partial charge < -0.3 is 24.8 Å². The number of hydrogen-bond donors (Lipinski definition) is 2. The molecule has 0 saturated carbocycles. The summed E-state index contributed by atoms with van der Waals surface area (Å²) in [6, 6.07) is 4.84. The third-order valence-electron chi connectivity index (χ3n) is 7.03. The fraction of sp³-hybridized carbons (Fsp3) is 0.393. The molecule has 2 N–H and O–H groups in total. The minimum absolute atomic E-state index is 0.00196. The van der Waals surface area contributed by atoms with Gasteiger partial charge in [0.25, 0.3) is 5.92 Å². The van der Waals surface area contributed by atoms with E-state index in [9.17, 15) is 13.6 Å². The Morgan fingerprint density at radius 1 is 1.23 bits per heavy atom. The van der Waals surface area contributed by atoms with Gasteiger partial charge in [0.05, 0.1) is 11.6 Å². The number of alkyl halides is 2. The molecule has 11 heteroatoms. The third-order valence-corrected chi connectivity index (χ3v) is 7.03. The molecule has 2 aliphatic rings. The first kappa shape index (κ1) is 26.7. The molecule has 1 aromatic heterocycles. The van der Waals surface area contributed by atoms with E-state index in [-0.39, 0.29) is 11.5 Å². The van der Waals surface area contributed by atoms with Crippen LogP contribution in [0.1, 0.15) is 48.8 Å². The average molecular weight is 543 g/mol. The van der Waals surface area contributed by atoms with E-state index >= 15 is 4.39 Å². The number of benzene rings is 2. The zero-order chi connectivity index (χ0) is 27.9. The van der Waals surface area contributed by atoms with Crippen LogP contribution in [0.3, 0.4) is 0 Å². The highest BCUT2D eigenvalue weighted by Gasteiger charge is 2.35. The highest BCUT2D eigenvalue weighted by atomic mass is 19.3. The molecular weight excluding hydrogens is 513 g/mol. The number of rotatable bonds is 6. The van der Waals surface area contributed by atoms with Crippen molar-refractivity contribution in [1.29, 1.82) is 0 Å². The van der Waals surface area contributed by atoms with Crippen molar-refractivity contribution in [3.8, 4) is 11.5 Å². The van der Waals surface area contributed by atoms with Crippen molar-refractivity contribution in [3.05, 3.63) is 58.7 Å². The maximum atomic E-state index is 15.2. The summed E-state index contributed by atoms with van der Waals surface area (Å²) in [7, 11) is 0. The minimum Gasteiger partial charge on any atom is -0.485 e. The van der Waals surface area contributed by atoms with Gasteiger partial charge in [-0.3, -0.25) is 4.79 Å². The second-order valence-electron chi connectivity index (χ2n) is 9.68. The van der Waals surface area contributed by atoms with Crippen LogP contribution in [0.5, 0.6) is 11.5 Å². The molecular formula is C28H29F3N4O4. The second-order valence-corrected chi connectivity index (χ2v) is 9.68. The lowest BCUT2D eigenvalue weighted by atomic mass is 9.95. The molecule has 206 valence electrons. The topological polar surface area (TPSA) is 96.8 Å². The van der Waals surface area contributed by atoms with Crippen molar-refractivity contribution in [3.63, 3.8) is 0 Å². The van der Waals surface area contributed by atoms with Crippen molar-refractivity contribution in [2.45, 2.75) is 39.2 Å². The van der Waals surface area contributed by atoms with Crippen molar-refractivity contribution in [1.82, 2.24) is 14.9 Å². The number of fused-ring (bicyclic) bond motifs is 3. The summed E-state index contributed by atoms with van der Waals surface area (Å²) < 4.78 is 55.5. The van der Waals surface area contributed by atoms with Gasteiger partial charge in [0.2, 0.25) is 5.91 Å². The first-order chi connectivity index (χ1) is 18.6. The third kappa shape index (κ3) is 4.98. The summed E-state index contributed by atoms with van der Waals surface area (Å²) in [6.07, 6.45) is 2.60. The zero-order valence-electron chi connectivity index (χ0n) is 21.9. The lowest BCUT2D eigenvalue weighted by Crippen LogP contribution is -2.32. The highest BCUT2D eigenvalue weighted by molar-refractivity contribution is 5.99. The van der Waals surface area contributed by atoms with Gasteiger partial charge in [-0.15, -0.1) is 0 Å². The Morgan fingerprint density at radius 3 is 2.64 bits per heavy atom. The maximum Gasteiger partial charge on any atom is 0.298 e. The van der Waals surface area contributed by atoms with Crippen molar-refractivity contribution in [2.24, 2.45) is 0 Å². The Bertz CT molecular complexity index is 1480. The first-order valence-corrected chi connectivity index (χ1v) is 12.7. The van der Waals surface area contributed by atoms with Gasteiger partial charge in [0.1, 0.15) is 42.8 Å². The fourth-order valence-corrected chi connectivity index (χ4v) is 4.98. The molecule has 1 atom stereocenters. The van der Waals surface area contributed by atoms with Crippen LogP contribution in [0.15, 0.2) is 30.3 Å². The van der Waals surface area contributed by atoms with Gasteiger partial charge in [-0.1, -0.05) is 18.2 Å². The smallest absolute Gasteiger partial charge is 0.298 e. The van der Waals surface area contributed by atoms with Crippen LogP contribution >= 0.6 is 0 Å². The van der Waals surface area contributed by atoms with Crippen LogP contribution in [0.4, 0.5) is 19.0 Å². The average Bonchev–Trinajstić information content (AvgIpc) is 2.92. The van der Waals surface area contributed by atoms with Crippen LogP contribution in [0.2, 0.25) is 0 Å². The molecule has 2 aromatic carbocycles. The number of aliphatic hydroxyl groups excluding tert-OH is 1. The number of anilines is 1. The number of aromatic nitrogens is 2. The quantitative estimate of drug-likeness (QED) is 0.465. The number of ether oxygens (including phenoxy) is 2. The molecule has 2 aliphatic heterocycles. The Kier molecular flexibility index (Phi) is 7.11. The number of nitrogens with one attached hydrogen (secondary N) is 1. The van der Waals surface area contributed by atoms with Gasteiger partial charge in [-0.25, -0.2) is 14.4 Å². The van der Waals surface area contributed by atoms with E-state index in [0.29, 0.717) is 66.8 Å². The maximum absolute atomic E-state index is 15.2. The van der Waals surface area contributed by atoms with Crippen LogP contribution in [-0.4, -0.2) is 58.8 Å². The molecule has 1 amide bonds. The zero-order valence-corrected chi connectivity index (χ0v) is 21.9. The molecule has 39 heavy (non-hydrogen) atoms. The molecule has 3 heterocycles. The van der Waals surface area contributed by atoms with Crippen molar-refractivity contribution in [2.75, 3.05) is 38.2 Å². The largest absolute Gasteiger partial charge is 0.485 e. The summed E-state index contributed by atoms with van der Waals surface area (Å²) in [5, 5.41) is 12.8. The number of aryl methyl sites for hydroxylation is 1. The molecule has 0 fully saturated rings. The Labute approximate surface area is 223 Å². The number of amides is 1. The van der Waals surface area contributed by atoms with Crippen LogP contribution < -0.4 is 14.8 Å². The second kappa shape index (κ2) is 10.4. The lowest BCUT2D eigenvalue weighted by Gasteiger charge is -2.28. The van der Waals surface area contributed by atoms with Gasteiger partial charge in [0.15, 0.2) is 11.5 Å². The summed E-state index contributed by atoms with van der Waals surface area (Å²) in [4.78, 5) is 22.7. The molecule has 0 spiro atoms. The number of nitrogens with zero attached hydrogens (tertiary/aromatic N) is 3. The summed E-state index contributed by atoms with van der Waals surface area (Å²) in [6.45, 7) is 5.13. The molecule has 0 saturated heterocycles. The van der Waals surface area contributed by atoms with E-state index in [1.807, 2.05) is 12.1 Å². The SMILES string of the molecule is CC(=O)N1CC=C(c2cc3c(N[C@H](C)c4cccc(C(F)(F)CO)c4F)nc(C)nc3c3c2OCCO3)CC1. The van der Waals surface area contributed by atoms with E-state index in [0.717, 1.165) is 17.2 Å². The van der Waals surface area contributed by atoms with Crippen LogP contribution in [-0.2, 0) is 10.7 Å². The van der Waals surface area contributed by atoms with Crippen LogP contribution in [0, 0.1) is 12.7 Å². The molecule has 8 nitrogen and oxygen atoms in total. The van der Waals surface area contributed by atoms with E-state index in [2.05, 4.69) is 15.3 Å². The predicted octanol–water partition coefficient (Wildman–Crippen LogP) is 4.74. The molecule has 0 bridgehead atoms. The van der Waals surface area contributed by atoms with Gasteiger partial charge in [-0.2, -0.15) is 8.78 Å². The first-order valence-electron chi connectivity index (χ1n) is 12.7. The van der Waals surface area contributed by atoms with Crippen molar-refractivity contribution < 1.29 is 32.5 Å². The van der Waals surface area contributed by atoms with E-state index in [1.165, 1.54) is 19.1 Å². The number of carbonyl (C=O) groups excluding carboxylic acids is 1. The molecule has 5 rings (SSSR count). The van der Waals surface area contributed by atoms with E-state index in [1.54, 1.807) is 18.7 Å². The van der Waals surface area contributed by atoms with Crippen LogP contribution in [0.25, 0.3) is 16.5 Å². The van der Waals surface area contributed by atoms with Crippen molar-refractivity contribution >= 4 is 28.2 Å². The van der Waals surface area contributed by atoms with Gasteiger partial charge in [-0.05, 0) is 38.0 Å². The molecule has 3 aromatic rings. The highest BCUT2D eigenvalue weighted by Crippen LogP contribution is 2.46. The molecule has 0 radical (unpaired) electrons. The number of carbonyl (C=O) groups is 1. The van der Waals surface area contributed by atoms with Gasteiger partial charge in [0, 0.05) is 36.5 Å². The molecule has 0 unspecified atom stereocenters. The monoisotopic (exact) mass is 542 g/mol.